The van der Waals surface area contributed by atoms with Crippen LogP contribution in [0.5, 0.6) is 11.6 Å². The number of aromatic nitrogens is 4. The lowest BCUT2D eigenvalue weighted by atomic mass is 9.87. The first kappa shape index (κ1) is 21.9. The highest BCUT2D eigenvalue weighted by Gasteiger charge is 2.26. The van der Waals surface area contributed by atoms with Crippen molar-refractivity contribution >= 4 is 27.6 Å². The molecule has 1 amide bonds. The van der Waals surface area contributed by atoms with Crippen LogP contribution in [0.3, 0.4) is 0 Å². The third kappa shape index (κ3) is 3.81. The number of aryl methyl sites for hydroxylation is 1. The van der Waals surface area contributed by atoms with Crippen LogP contribution in [-0.2, 0) is 11.3 Å². The zero-order valence-electron chi connectivity index (χ0n) is 20.4. The first-order chi connectivity index (χ1) is 18.1. The van der Waals surface area contributed by atoms with E-state index in [9.17, 15) is 4.79 Å². The number of rotatable bonds is 4. The smallest absolute Gasteiger partial charge is 0.252 e. The summed E-state index contributed by atoms with van der Waals surface area (Å²) in [5.41, 5.74) is 6.64. The highest BCUT2D eigenvalue weighted by atomic mass is 16.5. The molecule has 0 bridgehead atoms. The predicted molar refractivity (Wildman–Crippen MR) is 140 cm³/mol. The molecule has 1 saturated heterocycles. The fourth-order valence-electron chi connectivity index (χ4n) is 5.45. The molecule has 0 radical (unpaired) electrons. The van der Waals surface area contributed by atoms with Gasteiger partial charge in [-0.25, -0.2) is 4.98 Å². The molecule has 8 heteroatoms. The standard InChI is InChI=1S/C29H25N5O3/c1-16-10-18(4-7-30-16)26-23-11-20-15-32-34-25(20)13-24(23)29(33-27(26)17-5-8-36-9-6-17)37-21-3-2-19-14-31-28(35)22(19)12-21/h2-4,7,10-13,15,17H,5-6,8-9,14H2,1H3,(H,31,35)(H,32,34). The Bertz CT molecular complexity index is 1690. The van der Waals surface area contributed by atoms with Gasteiger partial charge in [0.1, 0.15) is 5.75 Å². The molecule has 5 heterocycles. The quantitative estimate of drug-likeness (QED) is 0.349. The van der Waals surface area contributed by atoms with Crippen molar-refractivity contribution in [3.63, 3.8) is 0 Å². The van der Waals surface area contributed by atoms with Crippen LogP contribution in [-0.4, -0.2) is 39.3 Å². The molecule has 184 valence electrons. The van der Waals surface area contributed by atoms with Gasteiger partial charge < -0.3 is 14.8 Å². The summed E-state index contributed by atoms with van der Waals surface area (Å²) in [4.78, 5) is 21.9. The van der Waals surface area contributed by atoms with Crippen LogP contribution in [0.4, 0.5) is 0 Å². The molecule has 2 aromatic carbocycles. The van der Waals surface area contributed by atoms with E-state index in [4.69, 9.17) is 14.5 Å². The molecule has 5 aromatic rings. The van der Waals surface area contributed by atoms with Gasteiger partial charge in [0, 0.05) is 59.5 Å². The molecule has 37 heavy (non-hydrogen) atoms. The van der Waals surface area contributed by atoms with E-state index in [2.05, 4.69) is 32.6 Å². The SMILES string of the molecule is Cc1cc(-c2c(C3CCOCC3)nc(Oc3ccc4c(c3)C(=O)NC4)c3cc4[nH]ncc4cc23)ccn1. The van der Waals surface area contributed by atoms with E-state index in [0.717, 1.165) is 62.6 Å². The summed E-state index contributed by atoms with van der Waals surface area (Å²) in [6.07, 6.45) is 5.47. The third-order valence-electron chi connectivity index (χ3n) is 7.33. The third-order valence-corrected chi connectivity index (χ3v) is 7.33. The molecule has 2 aliphatic heterocycles. The number of amides is 1. The highest BCUT2D eigenvalue weighted by Crippen LogP contribution is 2.43. The Balaban J connectivity index is 1.48. The topological polar surface area (TPSA) is 102 Å². The van der Waals surface area contributed by atoms with Gasteiger partial charge in [0.2, 0.25) is 5.88 Å². The van der Waals surface area contributed by atoms with Crippen LogP contribution in [0.15, 0.2) is 54.9 Å². The van der Waals surface area contributed by atoms with Gasteiger partial charge in [-0.15, -0.1) is 0 Å². The number of pyridine rings is 2. The van der Waals surface area contributed by atoms with E-state index in [-0.39, 0.29) is 11.8 Å². The average molecular weight is 492 g/mol. The number of fused-ring (bicyclic) bond motifs is 3. The van der Waals surface area contributed by atoms with E-state index in [1.165, 1.54) is 0 Å². The second-order valence-electron chi connectivity index (χ2n) is 9.71. The maximum Gasteiger partial charge on any atom is 0.252 e. The van der Waals surface area contributed by atoms with Crippen LogP contribution in [0.2, 0.25) is 0 Å². The second kappa shape index (κ2) is 8.67. The minimum Gasteiger partial charge on any atom is -0.438 e. The largest absolute Gasteiger partial charge is 0.438 e. The Morgan fingerprint density at radius 1 is 1.05 bits per heavy atom. The zero-order chi connectivity index (χ0) is 24.9. The molecule has 0 aliphatic carbocycles. The molecule has 0 saturated carbocycles. The number of nitrogens with one attached hydrogen (secondary N) is 2. The summed E-state index contributed by atoms with van der Waals surface area (Å²) in [5.74, 6) is 1.25. The number of carbonyl (C=O) groups excluding carboxylic acids is 1. The molecule has 7 rings (SSSR count). The van der Waals surface area contributed by atoms with Gasteiger partial charge in [-0.2, -0.15) is 5.10 Å². The molecule has 0 unspecified atom stereocenters. The molecule has 3 aromatic heterocycles. The second-order valence-corrected chi connectivity index (χ2v) is 9.71. The van der Waals surface area contributed by atoms with Crippen LogP contribution >= 0.6 is 0 Å². The minimum atomic E-state index is -0.0799. The lowest BCUT2D eigenvalue weighted by Gasteiger charge is -2.26. The van der Waals surface area contributed by atoms with E-state index < -0.39 is 0 Å². The molecular weight excluding hydrogens is 466 g/mol. The summed E-state index contributed by atoms with van der Waals surface area (Å²) in [6.45, 7) is 3.95. The maximum absolute atomic E-state index is 12.3. The Hall–Kier alpha value is -4.30. The van der Waals surface area contributed by atoms with Crippen molar-refractivity contribution < 1.29 is 14.3 Å². The Morgan fingerprint density at radius 3 is 2.81 bits per heavy atom. The first-order valence-electron chi connectivity index (χ1n) is 12.5. The lowest BCUT2D eigenvalue weighted by Crippen LogP contribution is -2.16. The first-order valence-corrected chi connectivity index (χ1v) is 12.5. The van der Waals surface area contributed by atoms with E-state index in [1.54, 1.807) is 6.07 Å². The van der Waals surface area contributed by atoms with E-state index >= 15 is 0 Å². The minimum absolute atomic E-state index is 0.0799. The lowest BCUT2D eigenvalue weighted by molar-refractivity contribution is 0.0845. The number of hydrogen-bond acceptors (Lipinski definition) is 6. The van der Waals surface area contributed by atoms with Crippen molar-refractivity contribution in [3.05, 3.63) is 77.4 Å². The normalized spacial score (nSPS) is 15.8. The summed E-state index contributed by atoms with van der Waals surface area (Å²) >= 11 is 0. The van der Waals surface area contributed by atoms with Crippen molar-refractivity contribution in [2.24, 2.45) is 0 Å². The van der Waals surface area contributed by atoms with Crippen molar-refractivity contribution in [2.75, 3.05) is 13.2 Å². The molecular formula is C29H25N5O3. The van der Waals surface area contributed by atoms with Crippen molar-refractivity contribution in [3.8, 4) is 22.8 Å². The summed E-state index contributed by atoms with van der Waals surface area (Å²) in [6, 6.07) is 14.0. The van der Waals surface area contributed by atoms with Gasteiger partial charge in [0.05, 0.1) is 17.4 Å². The number of carbonyl (C=O) groups is 1. The Morgan fingerprint density at radius 2 is 1.95 bits per heavy atom. The summed E-state index contributed by atoms with van der Waals surface area (Å²) in [5, 5.41) is 13.1. The molecule has 0 atom stereocenters. The average Bonchev–Trinajstić information content (AvgIpc) is 3.54. The number of H-pyrrole nitrogens is 1. The number of aromatic amines is 1. The molecule has 0 spiro atoms. The van der Waals surface area contributed by atoms with Crippen LogP contribution in [0.25, 0.3) is 32.8 Å². The number of benzene rings is 2. The van der Waals surface area contributed by atoms with Crippen LogP contribution in [0, 0.1) is 6.92 Å². The van der Waals surface area contributed by atoms with Crippen LogP contribution in [0.1, 0.15) is 46.1 Å². The van der Waals surface area contributed by atoms with Gasteiger partial charge in [-0.1, -0.05) is 6.07 Å². The fourth-order valence-corrected chi connectivity index (χ4v) is 5.45. The van der Waals surface area contributed by atoms with Gasteiger partial charge >= 0.3 is 0 Å². The van der Waals surface area contributed by atoms with E-state index in [1.807, 2.05) is 43.6 Å². The van der Waals surface area contributed by atoms with Gasteiger partial charge in [-0.05, 0) is 72.7 Å². The summed E-state index contributed by atoms with van der Waals surface area (Å²) in [7, 11) is 0. The molecule has 2 aliphatic rings. The predicted octanol–water partition coefficient (Wildman–Crippen LogP) is 5.41. The fraction of sp³-hybridized carbons (Fsp3) is 0.241. The van der Waals surface area contributed by atoms with Crippen LogP contribution < -0.4 is 10.1 Å². The van der Waals surface area contributed by atoms with Gasteiger partial charge in [0.15, 0.2) is 0 Å². The number of ether oxygens (including phenoxy) is 2. The van der Waals surface area contributed by atoms with Crippen molar-refractivity contribution in [1.29, 1.82) is 0 Å². The zero-order valence-corrected chi connectivity index (χ0v) is 20.4. The Kier molecular flexibility index (Phi) is 5.14. The van der Waals surface area contributed by atoms with Gasteiger partial charge in [0.25, 0.3) is 5.91 Å². The van der Waals surface area contributed by atoms with E-state index in [0.29, 0.717) is 37.0 Å². The van der Waals surface area contributed by atoms with Crippen molar-refractivity contribution in [1.82, 2.24) is 25.5 Å². The Labute approximate surface area is 213 Å². The number of nitrogens with zero attached hydrogens (tertiary/aromatic N) is 3. The summed E-state index contributed by atoms with van der Waals surface area (Å²) < 4.78 is 12.1. The molecule has 8 nitrogen and oxygen atoms in total. The monoisotopic (exact) mass is 491 g/mol. The van der Waals surface area contributed by atoms with Crippen molar-refractivity contribution in [2.45, 2.75) is 32.2 Å². The number of hydrogen-bond donors (Lipinski definition) is 2. The molecule has 1 fully saturated rings. The molecule has 2 N–H and O–H groups in total. The maximum atomic E-state index is 12.3. The highest BCUT2D eigenvalue weighted by molar-refractivity contribution is 6.07. The van der Waals surface area contributed by atoms with Gasteiger partial charge in [-0.3, -0.25) is 14.9 Å².